The lowest BCUT2D eigenvalue weighted by Gasteiger charge is -2.14. The van der Waals surface area contributed by atoms with E-state index >= 15 is 0 Å². The molecule has 1 amide bonds. The number of ether oxygens (including phenoxy) is 3. The second kappa shape index (κ2) is 16.8. The number of fused-ring (bicyclic) bond motifs is 3. The highest BCUT2D eigenvalue weighted by molar-refractivity contribution is 5.81. The smallest absolute Gasteiger partial charge is 0.407 e. The fraction of sp³-hybridized carbons (Fsp3) is 0.275. The van der Waals surface area contributed by atoms with Crippen molar-refractivity contribution in [1.82, 2.24) is 5.32 Å². The average molecular weight is 630 g/mol. The second-order valence-electron chi connectivity index (χ2n) is 11.5. The Morgan fingerprint density at radius 3 is 1.72 bits per heavy atom. The standard InChI is InChI=1S/C40H39NO6/c1-2-3-4-5-6-7-8-9-18-38(42)46-31-23-19-29(20-24-31)30-21-25-32(26-22-30)47-39(43)27-41-40(44)45-28-37-35-16-12-10-14-33(35)34-15-11-13-17-36(34)37/h1,10-17,19-26,37H,3-9,18,27-28H2,(H,41,44). The van der Waals surface area contributed by atoms with Crippen LogP contribution in [0.3, 0.4) is 0 Å². The maximum atomic E-state index is 12.4. The highest BCUT2D eigenvalue weighted by Crippen LogP contribution is 2.44. The Bertz CT molecular complexity index is 1660. The Morgan fingerprint density at radius 2 is 1.15 bits per heavy atom. The van der Waals surface area contributed by atoms with Gasteiger partial charge in [0, 0.05) is 18.8 Å². The molecular weight excluding hydrogens is 590 g/mol. The van der Waals surface area contributed by atoms with Crippen LogP contribution in [0.15, 0.2) is 97.1 Å². The number of nitrogens with one attached hydrogen (secondary N) is 1. The van der Waals surface area contributed by atoms with Crippen LogP contribution in [0.2, 0.25) is 0 Å². The van der Waals surface area contributed by atoms with Gasteiger partial charge in [-0.15, -0.1) is 12.3 Å². The van der Waals surface area contributed by atoms with Crippen molar-refractivity contribution in [3.8, 4) is 46.1 Å². The molecule has 4 aromatic rings. The van der Waals surface area contributed by atoms with E-state index < -0.39 is 12.1 Å². The van der Waals surface area contributed by atoms with Crippen molar-refractivity contribution >= 4 is 18.0 Å². The van der Waals surface area contributed by atoms with Gasteiger partial charge in [0.15, 0.2) is 0 Å². The molecule has 1 aliphatic carbocycles. The molecule has 1 N–H and O–H groups in total. The van der Waals surface area contributed by atoms with Gasteiger partial charge in [-0.25, -0.2) is 9.59 Å². The highest BCUT2D eigenvalue weighted by atomic mass is 16.6. The van der Waals surface area contributed by atoms with Crippen molar-refractivity contribution in [2.75, 3.05) is 13.2 Å². The van der Waals surface area contributed by atoms with E-state index in [1.165, 1.54) is 0 Å². The average Bonchev–Trinajstić information content (AvgIpc) is 3.42. The van der Waals surface area contributed by atoms with Crippen molar-refractivity contribution in [2.24, 2.45) is 0 Å². The number of alkyl carbamates (subject to hydrolysis) is 1. The summed E-state index contributed by atoms with van der Waals surface area (Å²) in [6.45, 7) is -0.166. The summed E-state index contributed by atoms with van der Waals surface area (Å²) in [5.74, 6) is 2.60. The molecule has 5 rings (SSSR count). The lowest BCUT2D eigenvalue weighted by Crippen LogP contribution is -2.33. The van der Waals surface area contributed by atoms with Crippen LogP contribution in [-0.2, 0) is 14.3 Å². The molecule has 0 radical (unpaired) electrons. The summed E-state index contributed by atoms with van der Waals surface area (Å²) in [4.78, 5) is 37.0. The number of hydrogen-bond acceptors (Lipinski definition) is 6. The minimum Gasteiger partial charge on any atom is -0.449 e. The summed E-state index contributed by atoms with van der Waals surface area (Å²) >= 11 is 0. The van der Waals surface area contributed by atoms with Gasteiger partial charge in [0.2, 0.25) is 0 Å². The summed E-state index contributed by atoms with van der Waals surface area (Å²) in [6.07, 6.45) is 12.1. The number of carbonyl (C=O) groups excluding carboxylic acids is 3. The van der Waals surface area contributed by atoms with Crippen LogP contribution < -0.4 is 14.8 Å². The molecule has 0 heterocycles. The van der Waals surface area contributed by atoms with Crippen molar-refractivity contribution < 1.29 is 28.6 Å². The molecule has 0 unspecified atom stereocenters. The monoisotopic (exact) mass is 629 g/mol. The van der Waals surface area contributed by atoms with Gasteiger partial charge in [0.1, 0.15) is 24.7 Å². The lowest BCUT2D eigenvalue weighted by molar-refractivity contribution is -0.135. The Hall–Kier alpha value is -5.35. The summed E-state index contributed by atoms with van der Waals surface area (Å²) in [5.41, 5.74) is 6.34. The topological polar surface area (TPSA) is 90.9 Å². The third-order valence-electron chi connectivity index (χ3n) is 8.18. The second-order valence-corrected chi connectivity index (χ2v) is 11.5. The van der Waals surface area contributed by atoms with Crippen LogP contribution in [0.25, 0.3) is 22.3 Å². The first-order valence-corrected chi connectivity index (χ1v) is 16.2. The first-order valence-electron chi connectivity index (χ1n) is 16.2. The highest BCUT2D eigenvalue weighted by Gasteiger charge is 2.29. The van der Waals surface area contributed by atoms with E-state index in [0.29, 0.717) is 17.9 Å². The molecule has 0 bridgehead atoms. The summed E-state index contributed by atoms with van der Waals surface area (Å²) in [5, 5.41) is 2.48. The van der Waals surface area contributed by atoms with Gasteiger partial charge < -0.3 is 19.5 Å². The van der Waals surface area contributed by atoms with Crippen molar-refractivity contribution in [3.63, 3.8) is 0 Å². The van der Waals surface area contributed by atoms with Crippen LogP contribution in [0.5, 0.6) is 11.5 Å². The Labute approximate surface area is 276 Å². The SMILES string of the molecule is C#CCCCCCCCCC(=O)Oc1ccc(-c2ccc(OC(=O)CNC(=O)OCC3c4ccccc4-c4ccccc43)cc2)cc1. The molecule has 1 aliphatic rings. The molecule has 0 fully saturated rings. The maximum Gasteiger partial charge on any atom is 0.407 e. The summed E-state index contributed by atoms with van der Waals surface area (Å²) in [6, 6.07) is 30.5. The number of terminal acetylenes is 1. The van der Waals surface area contributed by atoms with Crippen LogP contribution in [-0.4, -0.2) is 31.2 Å². The van der Waals surface area contributed by atoms with E-state index in [0.717, 1.165) is 78.3 Å². The van der Waals surface area contributed by atoms with E-state index in [4.69, 9.17) is 20.6 Å². The number of unbranched alkanes of at least 4 members (excludes halogenated alkanes) is 6. The molecule has 0 saturated carbocycles. The van der Waals surface area contributed by atoms with Crippen molar-refractivity contribution in [1.29, 1.82) is 0 Å². The van der Waals surface area contributed by atoms with Crippen LogP contribution in [0, 0.1) is 12.3 Å². The Balaban J connectivity index is 1.01. The zero-order valence-electron chi connectivity index (χ0n) is 26.4. The zero-order valence-corrected chi connectivity index (χ0v) is 26.4. The predicted octanol–water partition coefficient (Wildman–Crippen LogP) is 8.46. The third kappa shape index (κ3) is 9.34. The number of hydrogen-bond donors (Lipinski definition) is 1. The molecule has 4 aromatic carbocycles. The molecule has 0 saturated heterocycles. The third-order valence-corrected chi connectivity index (χ3v) is 8.18. The summed E-state index contributed by atoms with van der Waals surface area (Å²) in [7, 11) is 0. The molecule has 0 aliphatic heterocycles. The Kier molecular flexibility index (Phi) is 11.8. The minimum atomic E-state index is -0.684. The van der Waals surface area contributed by atoms with Crippen molar-refractivity contribution in [2.45, 2.75) is 57.3 Å². The van der Waals surface area contributed by atoms with E-state index in [1.54, 1.807) is 24.3 Å². The van der Waals surface area contributed by atoms with Gasteiger partial charge in [-0.05, 0) is 70.5 Å². The molecule has 0 aromatic heterocycles. The zero-order chi connectivity index (χ0) is 32.8. The Morgan fingerprint density at radius 1 is 0.638 bits per heavy atom. The fourth-order valence-electron chi connectivity index (χ4n) is 5.78. The molecule has 47 heavy (non-hydrogen) atoms. The first kappa shape index (κ1) is 33.0. The van der Waals surface area contributed by atoms with Gasteiger partial charge >= 0.3 is 18.0 Å². The van der Waals surface area contributed by atoms with Crippen LogP contribution in [0.1, 0.15) is 68.4 Å². The minimum absolute atomic E-state index is 0.0647. The number of rotatable bonds is 15. The van der Waals surface area contributed by atoms with Gasteiger partial charge in [0.05, 0.1) is 0 Å². The van der Waals surface area contributed by atoms with Gasteiger partial charge in [-0.3, -0.25) is 4.79 Å². The normalized spacial score (nSPS) is 11.6. The first-order chi connectivity index (χ1) is 23.0. The fourth-order valence-corrected chi connectivity index (χ4v) is 5.78. The van der Waals surface area contributed by atoms with E-state index in [-0.39, 0.29) is 25.0 Å². The van der Waals surface area contributed by atoms with Gasteiger partial charge in [0.25, 0.3) is 0 Å². The quantitative estimate of drug-likeness (QED) is 0.0614. The number of carbonyl (C=O) groups is 3. The lowest BCUT2D eigenvalue weighted by atomic mass is 9.98. The molecule has 0 spiro atoms. The maximum absolute atomic E-state index is 12.4. The van der Waals surface area contributed by atoms with Gasteiger partial charge in [-0.1, -0.05) is 98.5 Å². The number of esters is 2. The van der Waals surface area contributed by atoms with Gasteiger partial charge in [-0.2, -0.15) is 0 Å². The molecular formula is C40H39NO6. The van der Waals surface area contributed by atoms with Crippen molar-refractivity contribution in [3.05, 3.63) is 108 Å². The number of amides is 1. The molecule has 240 valence electrons. The van der Waals surface area contributed by atoms with E-state index in [1.807, 2.05) is 60.7 Å². The largest absolute Gasteiger partial charge is 0.449 e. The van der Waals surface area contributed by atoms with E-state index in [9.17, 15) is 14.4 Å². The van der Waals surface area contributed by atoms with E-state index in [2.05, 4.69) is 23.4 Å². The molecule has 7 nitrogen and oxygen atoms in total. The van der Waals surface area contributed by atoms with Crippen LogP contribution >= 0.6 is 0 Å². The molecule has 0 atom stereocenters. The predicted molar refractivity (Wildman–Crippen MR) is 182 cm³/mol. The summed E-state index contributed by atoms with van der Waals surface area (Å²) < 4.78 is 16.3. The van der Waals surface area contributed by atoms with Crippen LogP contribution in [0.4, 0.5) is 4.79 Å². The number of benzene rings is 4. The molecule has 7 heteroatoms.